The summed E-state index contributed by atoms with van der Waals surface area (Å²) in [5, 5.41) is 5.43. The Labute approximate surface area is 115 Å². The number of nitrogens with one attached hydrogen (secondary N) is 1. The second-order valence-corrected chi connectivity index (χ2v) is 7.02. The first-order chi connectivity index (χ1) is 9.19. The van der Waals surface area contributed by atoms with Crippen molar-refractivity contribution in [1.29, 1.82) is 0 Å². The van der Waals surface area contributed by atoms with E-state index in [0.717, 1.165) is 24.3 Å². The summed E-state index contributed by atoms with van der Waals surface area (Å²) in [4.78, 5) is 12.1. The lowest BCUT2D eigenvalue weighted by Gasteiger charge is -2.56. The van der Waals surface area contributed by atoms with Crippen molar-refractivity contribution >= 4 is 5.91 Å². The molecule has 4 aliphatic carbocycles. The number of ether oxygens (including phenoxy) is 1. The lowest BCUT2D eigenvalue weighted by atomic mass is 9.53. The van der Waals surface area contributed by atoms with Gasteiger partial charge in [-0.2, -0.15) is 0 Å². The fourth-order valence-electron chi connectivity index (χ4n) is 5.04. The van der Waals surface area contributed by atoms with Gasteiger partial charge in [-0.25, -0.2) is 0 Å². The summed E-state index contributed by atoms with van der Waals surface area (Å²) in [6.45, 7) is 2.13. The first-order valence-electron chi connectivity index (χ1n) is 7.81. The van der Waals surface area contributed by atoms with Crippen molar-refractivity contribution in [3.05, 3.63) is 0 Å². The molecule has 0 aromatic rings. The van der Waals surface area contributed by atoms with Crippen molar-refractivity contribution in [2.75, 3.05) is 26.8 Å². The van der Waals surface area contributed by atoms with Gasteiger partial charge in [0.05, 0.1) is 13.2 Å². The number of quaternary nitrogens is 1. The molecule has 4 nitrogen and oxygen atoms in total. The number of methoxy groups -OCH3 is 1. The molecule has 4 rings (SSSR count). The lowest BCUT2D eigenvalue weighted by molar-refractivity contribution is -0.645. The smallest absolute Gasteiger partial charge is 0.275 e. The highest BCUT2D eigenvalue weighted by Crippen LogP contribution is 2.55. The summed E-state index contributed by atoms with van der Waals surface area (Å²) < 4.78 is 4.99. The van der Waals surface area contributed by atoms with Gasteiger partial charge in [-0.3, -0.25) is 4.79 Å². The summed E-state index contributed by atoms with van der Waals surface area (Å²) in [6.07, 6.45) is 7.99. The Morgan fingerprint density at radius 2 is 1.79 bits per heavy atom. The van der Waals surface area contributed by atoms with E-state index >= 15 is 0 Å². The fourth-order valence-corrected chi connectivity index (χ4v) is 5.04. The molecule has 0 unspecified atom stereocenters. The molecule has 108 valence electrons. The van der Waals surface area contributed by atoms with Crippen LogP contribution in [0.2, 0.25) is 0 Å². The fraction of sp³-hybridized carbons (Fsp3) is 0.933. The lowest BCUT2D eigenvalue weighted by Crippen LogP contribution is -2.88. The van der Waals surface area contributed by atoms with Crippen LogP contribution in [0.3, 0.4) is 0 Å². The predicted octanol–water partition coefficient (Wildman–Crippen LogP) is 0.281. The van der Waals surface area contributed by atoms with Crippen molar-refractivity contribution in [1.82, 2.24) is 5.32 Å². The van der Waals surface area contributed by atoms with Crippen LogP contribution in [0.25, 0.3) is 0 Å². The van der Waals surface area contributed by atoms with Crippen LogP contribution in [-0.2, 0) is 9.53 Å². The highest BCUT2D eigenvalue weighted by atomic mass is 16.5. The predicted molar refractivity (Wildman–Crippen MR) is 72.6 cm³/mol. The van der Waals surface area contributed by atoms with E-state index in [4.69, 9.17) is 4.74 Å². The minimum atomic E-state index is 0.168. The van der Waals surface area contributed by atoms with Crippen LogP contribution >= 0.6 is 0 Å². The van der Waals surface area contributed by atoms with Crippen LogP contribution in [0.1, 0.15) is 38.5 Å². The number of hydrogen-bond acceptors (Lipinski definition) is 2. The van der Waals surface area contributed by atoms with Crippen LogP contribution in [0.15, 0.2) is 0 Å². The summed E-state index contributed by atoms with van der Waals surface area (Å²) in [6, 6.07) is 0. The molecule has 0 atom stereocenters. The van der Waals surface area contributed by atoms with E-state index < -0.39 is 0 Å². The maximum absolute atomic E-state index is 12.1. The number of nitrogens with two attached hydrogens (primary N) is 1. The second kappa shape index (κ2) is 5.41. The molecule has 4 saturated carbocycles. The molecular formula is C15H27N2O2+. The summed E-state index contributed by atoms with van der Waals surface area (Å²) in [5.74, 6) is 2.90. The largest absolute Gasteiger partial charge is 0.379 e. The van der Waals surface area contributed by atoms with E-state index in [1.54, 1.807) is 7.11 Å². The van der Waals surface area contributed by atoms with Crippen LogP contribution in [-0.4, -0.2) is 38.3 Å². The Kier molecular flexibility index (Phi) is 3.81. The second-order valence-electron chi connectivity index (χ2n) is 7.02. The third-order valence-electron chi connectivity index (χ3n) is 5.30. The molecule has 1 amide bonds. The third kappa shape index (κ3) is 2.95. The molecule has 0 spiro atoms. The SMILES string of the molecule is COCC[NH2+]CC(=O)NC12CC3CC(CC(C3)C1)C2. The van der Waals surface area contributed by atoms with E-state index in [9.17, 15) is 4.79 Å². The quantitative estimate of drug-likeness (QED) is 0.679. The summed E-state index contributed by atoms with van der Waals surface area (Å²) >= 11 is 0. The Bertz CT molecular complexity index is 308. The van der Waals surface area contributed by atoms with Gasteiger partial charge in [0.25, 0.3) is 5.91 Å². The van der Waals surface area contributed by atoms with Gasteiger partial charge in [-0.1, -0.05) is 0 Å². The van der Waals surface area contributed by atoms with Crippen molar-refractivity contribution in [2.24, 2.45) is 17.8 Å². The number of carbonyl (C=O) groups excluding carboxylic acids is 1. The van der Waals surface area contributed by atoms with Gasteiger partial charge in [0.2, 0.25) is 0 Å². The molecule has 4 fully saturated rings. The number of amides is 1. The number of rotatable bonds is 6. The van der Waals surface area contributed by atoms with E-state index in [2.05, 4.69) is 5.32 Å². The van der Waals surface area contributed by atoms with Crippen LogP contribution in [0, 0.1) is 17.8 Å². The van der Waals surface area contributed by atoms with Gasteiger partial charge in [0, 0.05) is 12.6 Å². The van der Waals surface area contributed by atoms with Gasteiger partial charge < -0.3 is 15.4 Å². The van der Waals surface area contributed by atoms with Crippen LogP contribution in [0.4, 0.5) is 0 Å². The normalized spacial score (nSPS) is 39.5. The zero-order valence-electron chi connectivity index (χ0n) is 12.0. The van der Waals surface area contributed by atoms with Crippen LogP contribution < -0.4 is 10.6 Å². The monoisotopic (exact) mass is 267 g/mol. The molecule has 0 aliphatic heterocycles. The molecule has 4 heteroatoms. The minimum absolute atomic E-state index is 0.168. The van der Waals surface area contributed by atoms with Crippen molar-refractivity contribution in [3.63, 3.8) is 0 Å². The maximum Gasteiger partial charge on any atom is 0.275 e. The highest BCUT2D eigenvalue weighted by molar-refractivity contribution is 5.77. The van der Waals surface area contributed by atoms with Crippen LogP contribution in [0.5, 0.6) is 0 Å². The van der Waals surface area contributed by atoms with Crippen molar-refractivity contribution in [2.45, 2.75) is 44.1 Å². The van der Waals surface area contributed by atoms with Gasteiger partial charge >= 0.3 is 0 Å². The van der Waals surface area contributed by atoms with E-state index in [1.165, 1.54) is 38.5 Å². The highest BCUT2D eigenvalue weighted by Gasteiger charge is 2.51. The average molecular weight is 267 g/mol. The first-order valence-corrected chi connectivity index (χ1v) is 7.81. The molecular weight excluding hydrogens is 240 g/mol. The Balaban J connectivity index is 1.50. The third-order valence-corrected chi connectivity index (χ3v) is 5.30. The molecule has 0 heterocycles. The topological polar surface area (TPSA) is 54.9 Å². The Hall–Kier alpha value is -0.610. The molecule has 4 aliphatic rings. The van der Waals surface area contributed by atoms with Gasteiger partial charge in [0.15, 0.2) is 6.54 Å². The van der Waals surface area contributed by atoms with E-state index in [-0.39, 0.29) is 11.4 Å². The van der Waals surface area contributed by atoms with E-state index in [1.807, 2.05) is 5.32 Å². The van der Waals surface area contributed by atoms with Gasteiger partial charge in [-0.05, 0) is 56.3 Å². The molecule has 4 bridgehead atoms. The zero-order chi connectivity index (χ0) is 13.3. The summed E-state index contributed by atoms with van der Waals surface area (Å²) in [7, 11) is 1.70. The maximum atomic E-state index is 12.1. The minimum Gasteiger partial charge on any atom is -0.379 e. The summed E-state index contributed by atoms with van der Waals surface area (Å²) in [5.41, 5.74) is 0.168. The van der Waals surface area contributed by atoms with Crippen molar-refractivity contribution in [3.8, 4) is 0 Å². The average Bonchev–Trinajstić information content (AvgIpc) is 2.32. The zero-order valence-corrected chi connectivity index (χ0v) is 12.0. The standard InChI is InChI=1S/C15H26N2O2/c1-19-3-2-16-10-14(18)17-15-7-11-4-12(8-15)6-13(5-11)9-15/h11-13,16H,2-10H2,1H3,(H,17,18)/p+1. The Morgan fingerprint density at radius 3 is 2.32 bits per heavy atom. The molecule has 19 heavy (non-hydrogen) atoms. The molecule has 0 radical (unpaired) electrons. The first kappa shape index (κ1) is 13.4. The van der Waals surface area contributed by atoms with Crippen molar-refractivity contribution < 1.29 is 14.8 Å². The number of hydrogen-bond donors (Lipinski definition) is 2. The molecule has 3 N–H and O–H groups in total. The Morgan fingerprint density at radius 1 is 1.21 bits per heavy atom. The van der Waals surface area contributed by atoms with E-state index in [0.29, 0.717) is 13.2 Å². The number of carbonyl (C=O) groups is 1. The molecule has 0 saturated heterocycles. The molecule has 0 aromatic heterocycles. The molecule has 0 aromatic carbocycles. The van der Waals surface area contributed by atoms with Gasteiger partial charge in [0.1, 0.15) is 0 Å². The van der Waals surface area contributed by atoms with Gasteiger partial charge in [-0.15, -0.1) is 0 Å².